The molecule has 0 atom stereocenters. The smallest absolute Gasteiger partial charge is 0.243 e. The average molecular weight is 415 g/mol. The quantitative estimate of drug-likeness (QED) is 0.627. The van der Waals surface area contributed by atoms with Crippen LogP contribution < -0.4 is 4.90 Å². The molecular weight excluding hydrogens is 392 g/mol. The first-order chi connectivity index (χ1) is 13.4. The highest BCUT2D eigenvalue weighted by Crippen LogP contribution is 2.31. The first-order valence-electron chi connectivity index (χ1n) is 9.38. The Labute approximate surface area is 171 Å². The Balaban J connectivity index is 1.61. The normalized spacial score (nSPS) is 15.9. The van der Waals surface area contributed by atoms with Crippen molar-refractivity contribution in [2.24, 2.45) is 0 Å². The van der Waals surface area contributed by atoms with Crippen LogP contribution in [0.2, 0.25) is 5.02 Å². The number of hydrogen-bond acceptors (Lipinski definition) is 3. The lowest BCUT2D eigenvalue weighted by Crippen LogP contribution is -2.48. The predicted octanol–water partition coefficient (Wildman–Crippen LogP) is 4.62. The zero-order valence-electron chi connectivity index (χ0n) is 16.0. The zero-order valence-corrected chi connectivity index (χ0v) is 17.6. The van der Waals surface area contributed by atoms with Crippen molar-refractivity contribution in [1.82, 2.24) is 4.31 Å². The van der Waals surface area contributed by atoms with Crippen molar-refractivity contribution < 1.29 is 8.42 Å². The number of anilines is 1. The third-order valence-electron chi connectivity index (χ3n) is 5.60. The van der Waals surface area contributed by atoms with Gasteiger partial charge in [-0.05, 0) is 43.2 Å². The summed E-state index contributed by atoms with van der Waals surface area (Å²) in [6, 6.07) is 16.9. The molecule has 0 N–H and O–H groups in total. The Morgan fingerprint density at radius 1 is 0.821 bits per heavy atom. The lowest BCUT2D eigenvalue weighted by molar-refractivity contribution is 0.385. The van der Waals surface area contributed by atoms with Crippen LogP contribution in [0, 0.1) is 13.8 Å². The molecule has 1 aliphatic heterocycles. The van der Waals surface area contributed by atoms with Gasteiger partial charge in [0.2, 0.25) is 10.0 Å². The minimum absolute atomic E-state index is 0.327. The SMILES string of the molecule is Cc1cccc(N2CCN(S(=O)(=O)c3cccc4c(Cl)cccc34)CC2)c1C. The minimum atomic E-state index is -3.58. The maximum Gasteiger partial charge on any atom is 0.243 e. The number of rotatable bonds is 3. The van der Waals surface area contributed by atoms with Gasteiger partial charge in [-0.15, -0.1) is 0 Å². The molecule has 0 amide bonds. The molecule has 6 heteroatoms. The second-order valence-corrected chi connectivity index (χ2v) is 9.51. The Morgan fingerprint density at radius 3 is 2.21 bits per heavy atom. The topological polar surface area (TPSA) is 40.6 Å². The van der Waals surface area contributed by atoms with Crippen molar-refractivity contribution in [1.29, 1.82) is 0 Å². The van der Waals surface area contributed by atoms with E-state index in [0.29, 0.717) is 41.5 Å². The van der Waals surface area contributed by atoms with Crippen LogP contribution in [0.4, 0.5) is 5.69 Å². The second kappa shape index (κ2) is 7.39. The summed E-state index contributed by atoms with van der Waals surface area (Å²) in [5, 5.41) is 2.00. The summed E-state index contributed by atoms with van der Waals surface area (Å²) in [6.45, 7) is 6.50. The molecule has 0 bridgehead atoms. The van der Waals surface area contributed by atoms with Gasteiger partial charge in [0, 0.05) is 47.7 Å². The van der Waals surface area contributed by atoms with Crippen LogP contribution in [0.15, 0.2) is 59.5 Å². The molecule has 28 heavy (non-hydrogen) atoms. The van der Waals surface area contributed by atoms with E-state index in [0.717, 1.165) is 5.39 Å². The number of benzene rings is 3. The van der Waals surface area contributed by atoms with E-state index in [2.05, 4.69) is 36.9 Å². The molecule has 0 radical (unpaired) electrons. The summed E-state index contributed by atoms with van der Waals surface area (Å²) in [5.41, 5.74) is 3.69. The Bertz CT molecular complexity index is 1140. The molecule has 0 aromatic heterocycles. The zero-order chi connectivity index (χ0) is 19.9. The molecule has 3 aromatic rings. The van der Waals surface area contributed by atoms with Gasteiger partial charge < -0.3 is 4.90 Å². The standard InChI is InChI=1S/C22H23ClN2O2S/c1-16-6-3-10-21(17(16)2)24-12-14-25(15-13-24)28(26,27)22-11-5-7-18-19(22)8-4-9-20(18)23/h3-11H,12-15H2,1-2H3. The molecule has 3 aromatic carbocycles. The average Bonchev–Trinajstić information content (AvgIpc) is 2.70. The number of fused-ring (bicyclic) bond motifs is 1. The molecule has 1 fully saturated rings. The minimum Gasteiger partial charge on any atom is -0.369 e. The van der Waals surface area contributed by atoms with E-state index in [1.807, 2.05) is 12.1 Å². The number of nitrogens with zero attached hydrogens (tertiary/aromatic N) is 2. The highest BCUT2D eigenvalue weighted by Gasteiger charge is 2.30. The summed E-state index contributed by atoms with van der Waals surface area (Å²) < 4.78 is 28.3. The van der Waals surface area contributed by atoms with Crippen LogP contribution in [0.5, 0.6) is 0 Å². The van der Waals surface area contributed by atoms with E-state index >= 15 is 0 Å². The van der Waals surface area contributed by atoms with Crippen molar-refractivity contribution in [3.05, 3.63) is 70.7 Å². The third-order valence-corrected chi connectivity index (χ3v) is 7.89. The van der Waals surface area contributed by atoms with Crippen LogP contribution >= 0.6 is 11.6 Å². The van der Waals surface area contributed by atoms with Crippen LogP contribution in [-0.2, 0) is 10.0 Å². The molecule has 1 aliphatic rings. The number of halogens is 1. The van der Waals surface area contributed by atoms with Crippen molar-refractivity contribution >= 4 is 38.1 Å². The number of hydrogen-bond donors (Lipinski definition) is 0. The monoisotopic (exact) mass is 414 g/mol. The number of aryl methyl sites for hydroxylation is 1. The van der Waals surface area contributed by atoms with Crippen LogP contribution in [0.25, 0.3) is 10.8 Å². The van der Waals surface area contributed by atoms with Gasteiger partial charge in [-0.2, -0.15) is 4.31 Å². The lowest BCUT2D eigenvalue weighted by Gasteiger charge is -2.36. The first kappa shape index (κ1) is 19.2. The Hall–Kier alpha value is -2.08. The van der Waals surface area contributed by atoms with Crippen molar-refractivity contribution in [2.45, 2.75) is 18.7 Å². The van der Waals surface area contributed by atoms with Gasteiger partial charge in [0.1, 0.15) is 0 Å². The van der Waals surface area contributed by atoms with Crippen molar-refractivity contribution in [3.63, 3.8) is 0 Å². The maximum absolute atomic E-state index is 13.3. The van der Waals surface area contributed by atoms with Gasteiger partial charge in [-0.1, -0.05) is 48.0 Å². The number of piperazine rings is 1. The molecule has 1 saturated heterocycles. The molecular formula is C22H23ClN2O2S. The second-order valence-electron chi connectivity index (χ2n) is 7.20. The maximum atomic E-state index is 13.3. The fraction of sp³-hybridized carbons (Fsp3) is 0.273. The van der Waals surface area contributed by atoms with Gasteiger partial charge >= 0.3 is 0 Å². The molecule has 146 valence electrons. The van der Waals surface area contributed by atoms with E-state index in [1.165, 1.54) is 16.8 Å². The largest absolute Gasteiger partial charge is 0.369 e. The molecule has 0 spiro atoms. The van der Waals surface area contributed by atoms with Gasteiger partial charge in [0.15, 0.2) is 0 Å². The summed E-state index contributed by atoms with van der Waals surface area (Å²) in [5.74, 6) is 0. The van der Waals surface area contributed by atoms with E-state index in [1.54, 1.807) is 28.6 Å². The van der Waals surface area contributed by atoms with Gasteiger partial charge in [0.05, 0.1) is 4.90 Å². The van der Waals surface area contributed by atoms with Gasteiger partial charge in [0.25, 0.3) is 0 Å². The highest BCUT2D eigenvalue weighted by molar-refractivity contribution is 7.89. The van der Waals surface area contributed by atoms with E-state index < -0.39 is 10.0 Å². The fourth-order valence-corrected chi connectivity index (χ4v) is 5.72. The Kier molecular flexibility index (Phi) is 5.08. The summed E-state index contributed by atoms with van der Waals surface area (Å²) in [7, 11) is -3.58. The fourth-order valence-electron chi connectivity index (χ4n) is 3.85. The summed E-state index contributed by atoms with van der Waals surface area (Å²) in [6.07, 6.45) is 0. The van der Waals surface area contributed by atoms with E-state index in [9.17, 15) is 8.42 Å². The lowest BCUT2D eigenvalue weighted by atomic mass is 10.1. The van der Waals surface area contributed by atoms with Gasteiger partial charge in [-0.25, -0.2) is 8.42 Å². The number of sulfonamides is 1. The molecule has 4 rings (SSSR count). The van der Waals surface area contributed by atoms with Crippen molar-refractivity contribution in [2.75, 3.05) is 31.1 Å². The third kappa shape index (κ3) is 3.28. The van der Waals surface area contributed by atoms with Crippen LogP contribution in [-0.4, -0.2) is 38.9 Å². The summed E-state index contributed by atoms with van der Waals surface area (Å²) in [4.78, 5) is 2.60. The van der Waals surface area contributed by atoms with Gasteiger partial charge in [-0.3, -0.25) is 0 Å². The first-order valence-corrected chi connectivity index (χ1v) is 11.2. The van der Waals surface area contributed by atoms with E-state index in [4.69, 9.17) is 11.6 Å². The Morgan fingerprint density at radius 2 is 1.46 bits per heavy atom. The van der Waals surface area contributed by atoms with E-state index in [-0.39, 0.29) is 0 Å². The van der Waals surface area contributed by atoms with Crippen LogP contribution in [0.1, 0.15) is 11.1 Å². The molecule has 0 unspecified atom stereocenters. The van der Waals surface area contributed by atoms with Crippen LogP contribution in [0.3, 0.4) is 0 Å². The molecule has 1 heterocycles. The molecule has 4 nitrogen and oxygen atoms in total. The summed E-state index contributed by atoms with van der Waals surface area (Å²) >= 11 is 6.26. The highest BCUT2D eigenvalue weighted by atomic mass is 35.5. The molecule has 0 saturated carbocycles. The predicted molar refractivity (Wildman–Crippen MR) is 116 cm³/mol. The molecule has 0 aliphatic carbocycles. The van der Waals surface area contributed by atoms with Crippen molar-refractivity contribution in [3.8, 4) is 0 Å².